The largest absolute Gasteiger partial charge is 0.370 e. The number of benzene rings is 1. The molecule has 2 aromatic rings. The average Bonchev–Trinajstić information content (AvgIpc) is 2.76. The average molecular weight is 380 g/mol. The summed E-state index contributed by atoms with van der Waals surface area (Å²) in [7, 11) is 0. The Morgan fingerprint density at radius 2 is 1.71 bits per heavy atom. The first kappa shape index (κ1) is 18.7. The first-order valence-corrected chi connectivity index (χ1v) is 10.3. The van der Waals surface area contributed by atoms with Gasteiger partial charge in [0.2, 0.25) is 0 Å². The second-order valence-electron chi connectivity index (χ2n) is 7.62. The van der Waals surface area contributed by atoms with Crippen LogP contribution in [0.25, 0.3) is 0 Å². The first-order chi connectivity index (χ1) is 13.8. The number of piperazine rings is 1. The fraction of sp³-hybridized carbons (Fsp3) is 0.455. The van der Waals surface area contributed by atoms with Gasteiger partial charge in [-0.25, -0.2) is 4.79 Å². The quantitative estimate of drug-likeness (QED) is 0.884. The van der Waals surface area contributed by atoms with E-state index in [1.165, 1.54) is 24.8 Å². The van der Waals surface area contributed by atoms with E-state index in [1.807, 2.05) is 29.3 Å². The van der Waals surface area contributed by atoms with Gasteiger partial charge in [0.05, 0.1) is 11.4 Å². The minimum atomic E-state index is 0.00508. The third kappa shape index (κ3) is 4.62. The molecule has 2 aliphatic heterocycles. The molecular formula is C22H29N5O. The van der Waals surface area contributed by atoms with E-state index < -0.39 is 0 Å². The van der Waals surface area contributed by atoms with Crippen LogP contribution in [0.3, 0.4) is 0 Å². The molecule has 0 unspecified atom stereocenters. The highest BCUT2D eigenvalue weighted by atomic mass is 16.2. The van der Waals surface area contributed by atoms with Gasteiger partial charge in [-0.15, -0.1) is 0 Å². The molecule has 0 spiro atoms. The number of piperidine rings is 1. The van der Waals surface area contributed by atoms with E-state index >= 15 is 0 Å². The van der Waals surface area contributed by atoms with Gasteiger partial charge in [0.25, 0.3) is 0 Å². The summed E-state index contributed by atoms with van der Waals surface area (Å²) in [5, 5.41) is 3.16. The highest BCUT2D eigenvalue weighted by Gasteiger charge is 2.22. The molecule has 2 fully saturated rings. The monoisotopic (exact) mass is 379 g/mol. The number of carbonyl (C=O) groups excluding carboxylic acids is 1. The van der Waals surface area contributed by atoms with Crippen LogP contribution in [0.15, 0.2) is 48.8 Å². The summed E-state index contributed by atoms with van der Waals surface area (Å²) >= 11 is 0. The molecule has 1 aromatic heterocycles. The lowest BCUT2D eigenvalue weighted by Crippen LogP contribution is -2.49. The van der Waals surface area contributed by atoms with Crippen LogP contribution in [-0.2, 0) is 6.54 Å². The summed E-state index contributed by atoms with van der Waals surface area (Å²) in [5.41, 5.74) is 3.29. The van der Waals surface area contributed by atoms with Gasteiger partial charge in [-0.3, -0.25) is 9.88 Å². The van der Waals surface area contributed by atoms with Gasteiger partial charge >= 0.3 is 6.03 Å². The molecule has 1 aromatic carbocycles. The molecule has 0 bridgehead atoms. The maximum atomic E-state index is 12.8. The summed E-state index contributed by atoms with van der Waals surface area (Å²) in [5.74, 6) is 0. The van der Waals surface area contributed by atoms with Crippen LogP contribution in [0.5, 0.6) is 0 Å². The number of hydrogen-bond acceptors (Lipinski definition) is 4. The molecule has 4 rings (SSSR count). The minimum absolute atomic E-state index is 0.00508. The highest BCUT2D eigenvalue weighted by Crippen LogP contribution is 2.28. The van der Waals surface area contributed by atoms with E-state index in [-0.39, 0.29) is 6.03 Å². The van der Waals surface area contributed by atoms with Crippen LogP contribution in [0, 0.1) is 0 Å². The standard InChI is InChI=1S/C22H29N5O/c28-22(24-20-8-2-3-9-21(20)26-11-4-1-5-12-26)27-15-13-25(14-16-27)18-19-7-6-10-23-17-19/h2-3,6-10,17H,1,4-5,11-16,18H2,(H,24,28). The van der Waals surface area contributed by atoms with Crippen molar-refractivity contribution in [2.45, 2.75) is 25.8 Å². The summed E-state index contributed by atoms with van der Waals surface area (Å²) in [4.78, 5) is 23.7. The van der Waals surface area contributed by atoms with Crippen LogP contribution < -0.4 is 10.2 Å². The normalized spacial score (nSPS) is 18.1. The summed E-state index contributed by atoms with van der Waals surface area (Å²) in [6.07, 6.45) is 7.46. The maximum Gasteiger partial charge on any atom is 0.321 e. The second-order valence-corrected chi connectivity index (χ2v) is 7.62. The Kier molecular flexibility index (Phi) is 6.07. The lowest BCUT2D eigenvalue weighted by Gasteiger charge is -2.35. The first-order valence-electron chi connectivity index (χ1n) is 10.3. The van der Waals surface area contributed by atoms with Gasteiger partial charge < -0.3 is 15.1 Å². The lowest BCUT2D eigenvalue weighted by atomic mass is 10.1. The molecule has 1 N–H and O–H groups in total. The smallest absolute Gasteiger partial charge is 0.321 e. The number of hydrogen-bond donors (Lipinski definition) is 1. The van der Waals surface area contributed by atoms with Crippen LogP contribution in [0.4, 0.5) is 16.2 Å². The van der Waals surface area contributed by atoms with Crippen molar-refractivity contribution >= 4 is 17.4 Å². The molecule has 2 aliphatic rings. The number of amides is 2. The number of aromatic nitrogens is 1. The fourth-order valence-electron chi connectivity index (χ4n) is 4.04. The third-order valence-electron chi connectivity index (χ3n) is 5.63. The van der Waals surface area contributed by atoms with Crippen molar-refractivity contribution in [3.63, 3.8) is 0 Å². The van der Waals surface area contributed by atoms with Crippen molar-refractivity contribution in [1.29, 1.82) is 0 Å². The summed E-state index contributed by atoms with van der Waals surface area (Å²) in [6.45, 7) is 6.29. The molecule has 0 saturated carbocycles. The Balaban J connectivity index is 1.32. The van der Waals surface area contributed by atoms with Crippen molar-refractivity contribution in [2.24, 2.45) is 0 Å². The topological polar surface area (TPSA) is 51.7 Å². The van der Waals surface area contributed by atoms with Crippen molar-refractivity contribution < 1.29 is 4.79 Å². The fourth-order valence-corrected chi connectivity index (χ4v) is 4.04. The van der Waals surface area contributed by atoms with E-state index in [0.29, 0.717) is 0 Å². The van der Waals surface area contributed by atoms with Crippen molar-refractivity contribution in [1.82, 2.24) is 14.8 Å². The Hall–Kier alpha value is -2.60. The van der Waals surface area contributed by atoms with Gasteiger partial charge in [-0.1, -0.05) is 18.2 Å². The maximum absolute atomic E-state index is 12.8. The van der Waals surface area contributed by atoms with E-state index in [1.54, 1.807) is 6.20 Å². The number of pyridine rings is 1. The zero-order chi connectivity index (χ0) is 19.2. The molecule has 28 heavy (non-hydrogen) atoms. The van der Waals surface area contributed by atoms with Crippen LogP contribution in [-0.4, -0.2) is 60.1 Å². The number of carbonyl (C=O) groups is 1. The Labute approximate surface area is 167 Å². The minimum Gasteiger partial charge on any atom is -0.370 e. The Morgan fingerprint density at radius 3 is 2.46 bits per heavy atom. The molecule has 6 heteroatoms. The van der Waals surface area contributed by atoms with Gasteiger partial charge in [-0.2, -0.15) is 0 Å². The van der Waals surface area contributed by atoms with Crippen LogP contribution >= 0.6 is 0 Å². The number of urea groups is 1. The van der Waals surface area contributed by atoms with Crippen LogP contribution in [0.2, 0.25) is 0 Å². The zero-order valence-corrected chi connectivity index (χ0v) is 16.4. The number of anilines is 2. The predicted octanol–water partition coefficient (Wildman–Crippen LogP) is 3.42. The molecule has 148 valence electrons. The number of nitrogens with one attached hydrogen (secondary N) is 1. The van der Waals surface area contributed by atoms with Gasteiger partial charge in [0.15, 0.2) is 0 Å². The SMILES string of the molecule is O=C(Nc1ccccc1N1CCCCC1)N1CCN(Cc2cccnc2)CC1. The van der Waals surface area contributed by atoms with E-state index in [4.69, 9.17) is 0 Å². The van der Waals surface area contributed by atoms with E-state index in [0.717, 1.165) is 57.2 Å². The van der Waals surface area contributed by atoms with Gasteiger partial charge in [0.1, 0.15) is 0 Å². The lowest BCUT2D eigenvalue weighted by molar-refractivity contribution is 0.143. The number of para-hydroxylation sites is 2. The molecule has 3 heterocycles. The predicted molar refractivity (Wildman–Crippen MR) is 113 cm³/mol. The van der Waals surface area contributed by atoms with Crippen molar-refractivity contribution in [3.05, 3.63) is 54.4 Å². The van der Waals surface area contributed by atoms with Gasteiger partial charge in [0, 0.05) is 58.2 Å². The highest BCUT2D eigenvalue weighted by molar-refractivity contribution is 5.93. The molecule has 6 nitrogen and oxygen atoms in total. The molecule has 0 atom stereocenters. The van der Waals surface area contributed by atoms with E-state index in [9.17, 15) is 4.79 Å². The number of rotatable bonds is 4. The second kappa shape index (κ2) is 9.06. The Bertz CT molecular complexity index is 768. The molecular weight excluding hydrogens is 350 g/mol. The molecule has 0 radical (unpaired) electrons. The number of nitrogens with zero attached hydrogens (tertiary/aromatic N) is 4. The van der Waals surface area contributed by atoms with Crippen molar-refractivity contribution in [3.8, 4) is 0 Å². The molecule has 2 saturated heterocycles. The van der Waals surface area contributed by atoms with Crippen molar-refractivity contribution in [2.75, 3.05) is 49.5 Å². The van der Waals surface area contributed by atoms with Gasteiger partial charge in [-0.05, 0) is 43.0 Å². The zero-order valence-electron chi connectivity index (χ0n) is 16.4. The third-order valence-corrected chi connectivity index (χ3v) is 5.63. The Morgan fingerprint density at radius 1 is 0.929 bits per heavy atom. The molecule has 0 aliphatic carbocycles. The van der Waals surface area contributed by atoms with Crippen LogP contribution in [0.1, 0.15) is 24.8 Å². The van der Waals surface area contributed by atoms with E-state index in [2.05, 4.69) is 38.3 Å². The summed E-state index contributed by atoms with van der Waals surface area (Å²) < 4.78 is 0. The molecule has 2 amide bonds. The summed E-state index contributed by atoms with van der Waals surface area (Å²) in [6, 6.07) is 12.3.